The highest BCUT2D eigenvalue weighted by Gasteiger charge is 2.32. The van der Waals surface area contributed by atoms with Gasteiger partial charge >= 0.3 is 12.1 Å². The molecule has 1 amide bonds. The molecule has 4 rings (SSSR count). The third-order valence-electron chi connectivity index (χ3n) is 5.73. The average Bonchev–Trinajstić information content (AvgIpc) is 3.38. The molecule has 0 spiro atoms. The molecule has 0 unspecified atom stereocenters. The van der Waals surface area contributed by atoms with E-state index in [1.54, 1.807) is 33.8 Å². The van der Waals surface area contributed by atoms with Crippen LogP contribution in [-0.2, 0) is 9.47 Å². The Morgan fingerprint density at radius 3 is 2.69 bits per heavy atom. The van der Waals surface area contributed by atoms with E-state index in [1.807, 2.05) is 0 Å². The van der Waals surface area contributed by atoms with Gasteiger partial charge in [0.1, 0.15) is 45.1 Å². The third-order valence-corrected chi connectivity index (χ3v) is 6.91. The lowest BCUT2D eigenvalue weighted by molar-refractivity contribution is 0.0463. The largest absolute Gasteiger partial charge is 0.486 e. The molecule has 2 N–H and O–H groups in total. The van der Waals surface area contributed by atoms with Crippen molar-refractivity contribution in [1.82, 2.24) is 15.3 Å². The maximum absolute atomic E-state index is 14.2. The zero-order valence-corrected chi connectivity index (χ0v) is 21.6. The number of hydrogen-bond donors (Lipinski definition) is 2. The van der Waals surface area contributed by atoms with E-state index in [0.29, 0.717) is 38.6 Å². The van der Waals surface area contributed by atoms with Crippen LogP contribution in [0, 0.1) is 12.7 Å². The van der Waals surface area contributed by atoms with Crippen molar-refractivity contribution in [3.63, 3.8) is 0 Å². The summed E-state index contributed by atoms with van der Waals surface area (Å²) in [6.45, 7) is 7.20. The molecular formula is C25H29FN4O5S. The molecule has 0 saturated heterocycles. The SMILES string of the molecule is COC(=O)c1sc2ncnc(Nc3ccc(F)cc3O[C@H]3CCC[C@@H]3NC(=O)OC(C)(C)C)c2c1C. The summed E-state index contributed by atoms with van der Waals surface area (Å²) < 4.78 is 30.7. The first kappa shape index (κ1) is 25.6. The van der Waals surface area contributed by atoms with Crippen LogP contribution in [0.4, 0.5) is 20.7 Å². The van der Waals surface area contributed by atoms with Gasteiger partial charge in [0.15, 0.2) is 0 Å². The number of amides is 1. The number of aryl methyl sites for hydroxylation is 1. The van der Waals surface area contributed by atoms with Gasteiger partial charge in [-0.2, -0.15) is 0 Å². The van der Waals surface area contributed by atoms with Crippen molar-refractivity contribution in [3.8, 4) is 5.75 Å². The fourth-order valence-electron chi connectivity index (χ4n) is 4.13. The van der Waals surface area contributed by atoms with Crippen LogP contribution in [0.2, 0.25) is 0 Å². The molecule has 0 aliphatic heterocycles. The van der Waals surface area contributed by atoms with Crippen molar-refractivity contribution >= 4 is 45.1 Å². The van der Waals surface area contributed by atoms with Crippen molar-refractivity contribution in [1.29, 1.82) is 0 Å². The summed E-state index contributed by atoms with van der Waals surface area (Å²) in [5, 5.41) is 6.76. The van der Waals surface area contributed by atoms with Crippen LogP contribution in [-0.4, -0.2) is 46.9 Å². The molecule has 0 radical (unpaired) electrons. The molecule has 2 aromatic heterocycles. The predicted octanol–water partition coefficient (Wildman–Crippen LogP) is 5.49. The quantitative estimate of drug-likeness (QED) is 0.414. The molecule has 1 saturated carbocycles. The fraction of sp³-hybridized carbons (Fsp3) is 0.440. The number of benzene rings is 1. The molecule has 11 heteroatoms. The fourth-order valence-corrected chi connectivity index (χ4v) is 5.20. The van der Waals surface area contributed by atoms with Crippen molar-refractivity contribution in [2.45, 2.75) is 64.7 Å². The Kier molecular flexibility index (Phi) is 7.30. The first-order valence-electron chi connectivity index (χ1n) is 11.6. The van der Waals surface area contributed by atoms with E-state index < -0.39 is 23.5 Å². The number of halogens is 1. The Morgan fingerprint density at radius 2 is 1.97 bits per heavy atom. The van der Waals surface area contributed by atoms with Crippen LogP contribution in [0.25, 0.3) is 10.2 Å². The average molecular weight is 517 g/mol. The normalized spacial score (nSPS) is 17.6. The summed E-state index contributed by atoms with van der Waals surface area (Å²) in [5.74, 6) is -0.171. The van der Waals surface area contributed by atoms with Gasteiger partial charge in [-0.25, -0.2) is 23.9 Å². The molecule has 2 atom stereocenters. The Morgan fingerprint density at radius 1 is 1.19 bits per heavy atom. The number of fused-ring (bicyclic) bond motifs is 1. The van der Waals surface area contributed by atoms with Gasteiger partial charge < -0.3 is 24.8 Å². The first-order valence-corrected chi connectivity index (χ1v) is 12.4. The summed E-state index contributed by atoms with van der Waals surface area (Å²) in [6, 6.07) is 3.90. The van der Waals surface area contributed by atoms with E-state index in [4.69, 9.17) is 14.2 Å². The molecule has 1 aliphatic rings. The Labute approximate surface area is 212 Å². The van der Waals surface area contributed by atoms with Gasteiger partial charge in [0, 0.05) is 6.07 Å². The van der Waals surface area contributed by atoms with E-state index in [1.165, 1.54) is 36.9 Å². The molecule has 1 aromatic carbocycles. The molecule has 3 aromatic rings. The Balaban J connectivity index is 1.59. The van der Waals surface area contributed by atoms with Gasteiger partial charge in [-0.15, -0.1) is 11.3 Å². The van der Waals surface area contributed by atoms with Crippen LogP contribution < -0.4 is 15.4 Å². The highest BCUT2D eigenvalue weighted by atomic mass is 32.1. The van der Waals surface area contributed by atoms with Crippen molar-refractivity contribution in [3.05, 3.63) is 40.8 Å². The van der Waals surface area contributed by atoms with Crippen molar-refractivity contribution in [2.75, 3.05) is 12.4 Å². The lowest BCUT2D eigenvalue weighted by Gasteiger charge is -2.26. The number of carbonyl (C=O) groups excluding carboxylic acids is 2. The Bertz CT molecular complexity index is 1290. The summed E-state index contributed by atoms with van der Waals surface area (Å²) in [4.78, 5) is 34.1. The minimum absolute atomic E-state index is 0.275. The first-order chi connectivity index (χ1) is 17.1. The second kappa shape index (κ2) is 10.3. The van der Waals surface area contributed by atoms with Crippen molar-refractivity contribution < 1.29 is 28.2 Å². The summed E-state index contributed by atoms with van der Waals surface area (Å²) >= 11 is 1.21. The standard InChI is InChI=1S/C25H29FN4O5S/c1-13-19-21(27-12-28-22(19)36-20(13)23(31)33-5)29-16-10-9-14(26)11-18(16)34-17-8-6-7-15(17)30-24(32)35-25(2,3)4/h9-12,15,17H,6-8H2,1-5H3,(H,30,32)(H,27,28,29)/t15-,17-/m0/s1. The molecule has 1 aliphatic carbocycles. The number of alkyl carbamates (subject to hydrolysis) is 1. The number of hydrogen-bond acceptors (Lipinski definition) is 9. The molecule has 2 heterocycles. The monoisotopic (exact) mass is 516 g/mol. The highest BCUT2D eigenvalue weighted by Crippen LogP contribution is 2.37. The predicted molar refractivity (Wildman–Crippen MR) is 135 cm³/mol. The molecule has 192 valence electrons. The minimum Gasteiger partial charge on any atom is -0.486 e. The summed E-state index contributed by atoms with van der Waals surface area (Å²) in [7, 11) is 1.33. The van der Waals surface area contributed by atoms with Gasteiger partial charge in [-0.05, 0) is 64.7 Å². The molecule has 36 heavy (non-hydrogen) atoms. The number of ether oxygens (including phenoxy) is 3. The minimum atomic E-state index is -0.616. The number of nitrogens with one attached hydrogen (secondary N) is 2. The summed E-state index contributed by atoms with van der Waals surface area (Å²) in [5.41, 5.74) is 0.561. The molecular weight excluding hydrogens is 487 g/mol. The van der Waals surface area contributed by atoms with Crippen LogP contribution in [0.5, 0.6) is 5.75 Å². The van der Waals surface area contributed by atoms with Gasteiger partial charge in [-0.1, -0.05) is 0 Å². The lowest BCUT2D eigenvalue weighted by atomic mass is 10.2. The highest BCUT2D eigenvalue weighted by molar-refractivity contribution is 7.20. The molecule has 1 fully saturated rings. The van der Waals surface area contributed by atoms with E-state index in [-0.39, 0.29) is 17.9 Å². The smallest absolute Gasteiger partial charge is 0.408 e. The molecule has 9 nitrogen and oxygen atoms in total. The van der Waals surface area contributed by atoms with Gasteiger partial charge in [0.25, 0.3) is 0 Å². The van der Waals surface area contributed by atoms with Crippen LogP contribution in [0.1, 0.15) is 55.3 Å². The van der Waals surface area contributed by atoms with E-state index in [2.05, 4.69) is 20.6 Å². The topological polar surface area (TPSA) is 112 Å². The number of nitrogens with zero attached hydrogens (tertiary/aromatic N) is 2. The van der Waals surface area contributed by atoms with Crippen molar-refractivity contribution in [2.24, 2.45) is 0 Å². The summed E-state index contributed by atoms with van der Waals surface area (Å²) in [6.07, 6.45) is 2.78. The number of aromatic nitrogens is 2. The second-order valence-electron chi connectivity index (χ2n) is 9.56. The Hall–Kier alpha value is -3.47. The van der Waals surface area contributed by atoms with Gasteiger partial charge in [0.2, 0.25) is 0 Å². The zero-order chi connectivity index (χ0) is 26.0. The number of anilines is 2. The molecule has 0 bridgehead atoms. The lowest BCUT2D eigenvalue weighted by Crippen LogP contribution is -2.44. The number of esters is 1. The van der Waals surface area contributed by atoms with E-state index in [9.17, 15) is 14.0 Å². The van der Waals surface area contributed by atoms with Gasteiger partial charge in [-0.3, -0.25) is 0 Å². The number of thiophene rings is 1. The van der Waals surface area contributed by atoms with E-state index >= 15 is 0 Å². The second-order valence-corrected chi connectivity index (χ2v) is 10.6. The van der Waals surface area contributed by atoms with E-state index in [0.717, 1.165) is 12.8 Å². The maximum Gasteiger partial charge on any atom is 0.408 e. The number of methoxy groups -OCH3 is 1. The zero-order valence-electron chi connectivity index (χ0n) is 20.8. The van der Waals surface area contributed by atoms with Gasteiger partial charge in [0.05, 0.1) is 24.2 Å². The third kappa shape index (κ3) is 5.67. The number of carbonyl (C=O) groups is 2. The van der Waals surface area contributed by atoms with Crippen LogP contribution in [0.15, 0.2) is 24.5 Å². The number of rotatable bonds is 6. The van der Waals surface area contributed by atoms with Crippen LogP contribution in [0.3, 0.4) is 0 Å². The maximum atomic E-state index is 14.2. The van der Waals surface area contributed by atoms with Crippen LogP contribution >= 0.6 is 11.3 Å².